The third-order valence-electron chi connectivity index (χ3n) is 5.51. The van der Waals surface area contributed by atoms with E-state index in [0.29, 0.717) is 26.1 Å². The third kappa shape index (κ3) is 2.60. The Morgan fingerprint density at radius 3 is 2.71 bits per heavy atom. The van der Waals surface area contributed by atoms with Crippen LogP contribution in [-0.4, -0.2) is 53.7 Å². The maximum Gasteiger partial charge on any atom is 0.236 e. The van der Waals surface area contributed by atoms with Gasteiger partial charge in [-0.25, -0.2) is 0 Å². The van der Waals surface area contributed by atoms with E-state index in [0.717, 1.165) is 19.5 Å². The number of hydrogen-bond donors (Lipinski definition) is 1. The van der Waals surface area contributed by atoms with Crippen LogP contribution in [0.1, 0.15) is 24.0 Å². The summed E-state index contributed by atoms with van der Waals surface area (Å²) in [6.07, 6.45) is 1.76. The predicted molar refractivity (Wildman–Crippen MR) is 86.8 cm³/mol. The van der Waals surface area contributed by atoms with Crippen LogP contribution >= 0.6 is 0 Å². The molecule has 6 nitrogen and oxygen atoms in total. The molecule has 3 aliphatic rings. The molecule has 0 aliphatic carbocycles. The van der Waals surface area contributed by atoms with E-state index in [-0.39, 0.29) is 24.1 Å². The third-order valence-corrected chi connectivity index (χ3v) is 5.51. The van der Waals surface area contributed by atoms with Crippen LogP contribution in [0.5, 0.6) is 0 Å². The summed E-state index contributed by atoms with van der Waals surface area (Å²) in [5.74, 6) is -0.380. The SMILES string of the molecule is O=C1CC2(CCN(C(=O)CN3CCc4ccccc4C3)C2)C(=O)N1. The number of carbonyl (C=O) groups excluding carboxylic acids is 3. The highest BCUT2D eigenvalue weighted by atomic mass is 16.2. The number of nitrogens with zero attached hydrogens (tertiary/aromatic N) is 2. The first-order chi connectivity index (χ1) is 11.6. The van der Waals surface area contributed by atoms with Crippen molar-refractivity contribution in [3.05, 3.63) is 35.4 Å². The molecule has 1 unspecified atom stereocenters. The Labute approximate surface area is 140 Å². The molecule has 3 amide bonds. The van der Waals surface area contributed by atoms with Crippen LogP contribution in [0.3, 0.4) is 0 Å². The first-order valence-corrected chi connectivity index (χ1v) is 8.47. The van der Waals surface area contributed by atoms with E-state index >= 15 is 0 Å². The Bertz CT molecular complexity index is 717. The molecule has 0 radical (unpaired) electrons. The minimum absolute atomic E-state index is 0.0541. The molecule has 1 N–H and O–H groups in total. The number of carbonyl (C=O) groups is 3. The van der Waals surface area contributed by atoms with E-state index < -0.39 is 5.41 Å². The molecule has 2 fully saturated rings. The summed E-state index contributed by atoms with van der Waals surface area (Å²) < 4.78 is 0. The second kappa shape index (κ2) is 5.70. The average molecular weight is 327 g/mol. The fourth-order valence-electron chi connectivity index (χ4n) is 4.09. The smallest absolute Gasteiger partial charge is 0.236 e. The van der Waals surface area contributed by atoms with Gasteiger partial charge >= 0.3 is 0 Å². The maximum absolute atomic E-state index is 12.6. The van der Waals surface area contributed by atoms with Crippen molar-refractivity contribution in [2.45, 2.75) is 25.8 Å². The maximum atomic E-state index is 12.6. The lowest BCUT2D eigenvalue weighted by Gasteiger charge is -2.30. The van der Waals surface area contributed by atoms with E-state index in [2.05, 4.69) is 28.4 Å². The molecule has 24 heavy (non-hydrogen) atoms. The Morgan fingerprint density at radius 1 is 1.17 bits per heavy atom. The molecular formula is C18H21N3O3. The van der Waals surface area contributed by atoms with Crippen molar-refractivity contribution in [2.24, 2.45) is 5.41 Å². The number of fused-ring (bicyclic) bond motifs is 1. The van der Waals surface area contributed by atoms with Crippen LogP contribution in [0.15, 0.2) is 24.3 Å². The van der Waals surface area contributed by atoms with Crippen molar-refractivity contribution in [2.75, 3.05) is 26.2 Å². The van der Waals surface area contributed by atoms with Gasteiger partial charge in [0.1, 0.15) is 0 Å². The summed E-state index contributed by atoms with van der Waals surface area (Å²) in [5.41, 5.74) is 1.97. The number of benzene rings is 1. The van der Waals surface area contributed by atoms with Crippen molar-refractivity contribution in [3.63, 3.8) is 0 Å². The molecule has 126 valence electrons. The zero-order valence-electron chi connectivity index (χ0n) is 13.6. The van der Waals surface area contributed by atoms with E-state index in [4.69, 9.17) is 0 Å². The van der Waals surface area contributed by atoms with Gasteiger partial charge in [-0.2, -0.15) is 0 Å². The molecule has 1 spiro atoms. The number of rotatable bonds is 2. The second-order valence-electron chi connectivity index (χ2n) is 7.13. The van der Waals surface area contributed by atoms with E-state index in [1.165, 1.54) is 11.1 Å². The van der Waals surface area contributed by atoms with E-state index in [1.54, 1.807) is 4.90 Å². The Balaban J connectivity index is 1.38. The van der Waals surface area contributed by atoms with Gasteiger partial charge in [-0.1, -0.05) is 24.3 Å². The summed E-state index contributed by atoms with van der Waals surface area (Å²) in [4.78, 5) is 40.0. The van der Waals surface area contributed by atoms with Gasteiger partial charge in [-0.15, -0.1) is 0 Å². The highest BCUT2D eigenvalue weighted by Gasteiger charge is 2.51. The lowest BCUT2D eigenvalue weighted by molar-refractivity contribution is -0.133. The largest absolute Gasteiger partial charge is 0.340 e. The standard InChI is InChI=1S/C18H21N3O3/c22-15-9-18(17(24)19-15)6-8-21(12-18)16(23)11-20-7-5-13-3-1-2-4-14(13)10-20/h1-4H,5-12H2,(H,19,22,24). The summed E-state index contributed by atoms with van der Waals surface area (Å²) >= 11 is 0. The van der Waals surface area contributed by atoms with Crippen LogP contribution in [0.2, 0.25) is 0 Å². The molecule has 3 heterocycles. The molecule has 4 rings (SSSR count). The van der Waals surface area contributed by atoms with Crippen molar-refractivity contribution in [1.82, 2.24) is 15.1 Å². The van der Waals surface area contributed by atoms with Crippen molar-refractivity contribution in [1.29, 1.82) is 0 Å². The molecule has 1 aromatic rings. The Hall–Kier alpha value is -2.21. The van der Waals surface area contributed by atoms with E-state index in [1.807, 2.05) is 6.07 Å². The summed E-state index contributed by atoms with van der Waals surface area (Å²) in [5, 5.41) is 2.38. The molecule has 1 aromatic carbocycles. The first-order valence-electron chi connectivity index (χ1n) is 8.47. The van der Waals surface area contributed by atoms with Gasteiger partial charge in [0.2, 0.25) is 17.7 Å². The normalized spacial score (nSPS) is 26.8. The van der Waals surface area contributed by atoms with Crippen LogP contribution in [-0.2, 0) is 27.3 Å². The molecule has 3 aliphatic heterocycles. The van der Waals surface area contributed by atoms with E-state index in [9.17, 15) is 14.4 Å². The number of imide groups is 1. The fraction of sp³-hybridized carbons (Fsp3) is 0.500. The summed E-state index contributed by atoms with van der Waals surface area (Å²) in [6, 6.07) is 8.35. The van der Waals surface area contributed by atoms with Crippen molar-refractivity contribution < 1.29 is 14.4 Å². The monoisotopic (exact) mass is 327 g/mol. The van der Waals surface area contributed by atoms with Crippen LogP contribution in [0.4, 0.5) is 0 Å². The van der Waals surface area contributed by atoms with Crippen LogP contribution in [0.25, 0.3) is 0 Å². The molecule has 0 bridgehead atoms. The van der Waals surface area contributed by atoms with Crippen LogP contribution in [0, 0.1) is 5.41 Å². The molecule has 6 heteroatoms. The summed E-state index contributed by atoms with van der Waals surface area (Å²) in [6.45, 7) is 2.97. The molecular weight excluding hydrogens is 306 g/mol. The van der Waals surface area contributed by atoms with Gasteiger partial charge in [0, 0.05) is 32.6 Å². The van der Waals surface area contributed by atoms with Crippen LogP contribution < -0.4 is 5.32 Å². The lowest BCUT2D eigenvalue weighted by Crippen LogP contribution is -2.43. The zero-order chi connectivity index (χ0) is 16.7. The van der Waals surface area contributed by atoms with Gasteiger partial charge in [0.15, 0.2) is 0 Å². The first kappa shape index (κ1) is 15.3. The Morgan fingerprint density at radius 2 is 1.96 bits per heavy atom. The highest BCUT2D eigenvalue weighted by molar-refractivity contribution is 6.06. The van der Waals surface area contributed by atoms with Gasteiger partial charge < -0.3 is 4.90 Å². The predicted octanol–water partition coefficient (Wildman–Crippen LogP) is 0.310. The molecule has 2 saturated heterocycles. The molecule has 1 atom stereocenters. The average Bonchev–Trinajstić information content (AvgIpc) is 3.11. The van der Waals surface area contributed by atoms with Gasteiger partial charge in [0.05, 0.1) is 12.0 Å². The number of likely N-dealkylation sites (tertiary alicyclic amines) is 1. The fourth-order valence-corrected chi connectivity index (χ4v) is 4.09. The zero-order valence-corrected chi connectivity index (χ0v) is 13.6. The highest BCUT2D eigenvalue weighted by Crippen LogP contribution is 2.37. The number of amides is 3. The minimum atomic E-state index is -0.679. The number of hydrogen-bond acceptors (Lipinski definition) is 4. The number of nitrogens with one attached hydrogen (secondary N) is 1. The van der Waals surface area contributed by atoms with Crippen molar-refractivity contribution >= 4 is 17.7 Å². The van der Waals surface area contributed by atoms with Gasteiger partial charge in [-0.3, -0.25) is 24.6 Å². The van der Waals surface area contributed by atoms with Gasteiger partial charge in [0.25, 0.3) is 0 Å². The van der Waals surface area contributed by atoms with Gasteiger partial charge in [-0.05, 0) is 24.0 Å². The molecule has 0 aromatic heterocycles. The second-order valence-corrected chi connectivity index (χ2v) is 7.13. The Kier molecular flexibility index (Phi) is 3.64. The summed E-state index contributed by atoms with van der Waals surface area (Å²) in [7, 11) is 0. The molecule has 0 saturated carbocycles. The quantitative estimate of drug-likeness (QED) is 0.794. The lowest BCUT2D eigenvalue weighted by atomic mass is 9.85. The minimum Gasteiger partial charge on any atom is -0.340 e. The topological polar surface area (TPSA) is 69.7 Å². The van der Waals surface area contributed by atoms with Crippen molar-refractivity contribution in [3.8, 4) is 0 Å².